The minimum atomic E-state index is -0.341. The standard InChI is InChI=1S/C19H22ClNO/c1-19(2,3)17(14-8-6-5-7-9-14)21-18(22-4)15-10-12-16(20)13-11-15/h5-13,18H,1-4H3. The molecule has 0 amide bonds. The Morgan fingerprint density at radius 2 is 1.59 bits per heavy atom. The molecule has 2 nitrogen and oxygen atoms in total. The van der Waals surface area contributed by atoms with Crippen molar-refractivity contribution in [2.24, 2.45) is 10.4 Å². The largest absolute Gasteiger partial charge is 0.355 e. The fraction of sp³-hybridized carbons (Fsp3) is 0.316. The zero-order valence-corrected chi connectivity index (χ0v) is 14.3. The van der Waals surface area contributed by atoms with Crippen LogP contribution in [0.25, 0.3) is 0 Å². The predicted octanol–water partition coefficient (Wildman–Crippen LogP) is 5.52. The summed E-state index contributed by atoms with van der Waals surface area (Å²) in [5.74, 6) is 0. The molecule has 2 aromatic rings. The molecule has 0 radical (unpaired) electrons. The van der Waals surface area contributed by atoms with Crippen LogP contribution in [0, 0.1) is 5.41 Å². The Bertz CT molecular complexity index is 627. The van der Waals surface area contributed by atoms with Gasteiger partial charge in [0, 0.05) is 23.1 Å². The number of benzene rings is 2. The number of methoxy groups -OCH3 is 1. The van der Waals surface area contributed by atoms with Crippen molar-refractivity contribution >= 4 is 17.3 Å². The Morgan fingerprint density at radius 3 is 2.09 bits per heavy atom. The molecule has 22 heavy (non-hydrogen) atoms. The smallest absolute Gasteiger partial charge is 0.174 e. The first-order valence-electron chi connectivity index (χ1n) is 7.34. The Labute approximate surface area is 137 Å². The molecule has 0 fully saturated rings. The van der Waals surface area contributed by atoms with Crippen LogP contribution < -0.4 is 0 Å². The predicted molar refractivity (Wildman–Crippen MR) is 93.6 cm³/mol. The highest BCUT2D eigenvalue weighted by molar-refractivity contribution is 6.30. The van der Waals surface area contributed by atoms with Gasteiger partial charge in [0.1, 0.15) is 0 Å². The molecule has 1 unspecified atom stereocenters. The van der Waals surface area contributed by atoms with Gasteiger partial charge in [-0.15, -0.1) is 0 Å². The van der Waals surface area contributed by atoms with Gasteiger partial charge in [-0.05, 0) is 17.7 Å². The topological polar surface area (TPSA) is 21.6 Å². The molecule has 0 bridgehead atoms. The molecule has 0 spiro atoms. The first-order valence-corrected chi connectivity index (χ1v) is 7.71. The van der Waals surface area contributed by atoms with Gasteiger partial charge >= 0.3 is 0 Å². The lowest BCUT2D eigenvalue weighted by Crippen LogP contribution is -2.23. The monoisotopic (exact) mass is 315 g/mol. The second kappa shape index (κ2) is 7.08. The molecule has 0 N–H and O–H groups in total. The number of halogens is 1. The van der Waals surface area contributed by atoms with Crippen molar-refractivity contribution in [1.82, 2.24) is 0 Å². The van der Waals surface area contributed by atoms with Gasteiger partial charge in [0.25, 0.3) is 0 Å². The van der Waals surface area contributed by atoms with Gasteiger partial charge in [-0.1, -0.05) is 74.8 Å². The van der Waals surface area contributed by atoms with Gasteiger partial charge in [0.15, 0.2) is 6.23 Å². The number of ether oxygens (including phenoxy) is 1. The molecule has 1 atom stereocenters. The average Bonchev–Trinajstić information content (AvgIpc) is 2.49. The summed E-state index contributed by atoms with van der Waals surface area (Å²) in [4.78, 5) is 4.89. The molecular weight excluding hydrogens is 294 g/mol. The van der Waals surface area contributed by atoms with Crippen molar-refractivity contribution in [2.45, 2.75) is 27.0 Å². The molecular formula is C19H22ClNO. The van der Waals surface area contributed by atoms with E-state index in [0.717, 1.165) is 16.8 Å². The van der Waals surface area contributed by atoms with Crippen molar-refractivity contribution in [3.63, 3.8) is 0 Å². The van der Waals surface area contributed by atoms with E-state index in [9.17, 15) is 0 Å². The molecule has 0 heterocycles. The van der Waals surface area contributed by atoms with E-state index < -0.39 is 0 Å². The number of hydrogen-bond acceptors (Lipinski definition) is 2. The van der Waals surface area contributed by atoms with E-state index in [0.29, 0.717) is 5.02 Å². The van der Waals surface area contributed by atoms with Gasteiger partial charge < -0.3 is 4.74 Å². The summed E-state index contributed by atoms with van der Waals surface area (Å²) < 4.78 is 5.59. The fourth-order valence-corrected chi connectivity index (χ4v) is 2.43. The van der Waals surface area contributed by atoms with E-state index >= 15 is 0 Å². The van der Waals surface area contributed by atoms with Gasteiger partial charge in [-0.2, -0.15) is 0 Å². The maximum Gasteiger partial charge on any atom is 0.174 e. The Hall–Kier alpha value is -1.64. The third-order valence-electron chi connectivity index (χ3n) is 3.38. The van der Waals surface area contributed by atoms with E-state index in [1.54, 1.807) is 7.11 Å². The van der Waals surface area contributed by atoms with Crippen molar-refractivity contribution in [3.05, 3.63) is 70.7 Å². The highest BCUT2D eigenvalue weighted by atomic mass is 35.5. The summed E-state index contributed by atoms with van der Waals surface area (Å²) in [5, 5.41) is 0.710. The van der Waals surface area contributed by atoms with Crippen LogP contribution >= 0.6 is 11.6 Å². The van der Waals surface area contributed by atoms with Crippen molar-refractivity contribution in [1.29, 1.82) is 0 Å². The molecule has 0 aliphatic carbocycles. The van der Waals surface area contributed by atoms with Crippen LogP contribution in [0.2, 0.25) is 5.02 Å². The normalized spacial score (nSPS) is 14.0. The van der Waals surface area contributed by atoms with Crippen molar-refractivity contribution in [2.75, 3.05) is 7.11 Å². The van der Waals surface area contributed by atoms with Crippen molar-refractivity contribution in [3.8, 4) is 0 Å². The Morgan fingerprint density at radius 1 is 1.00 bits per heavy atom. The summed E-state index contributed by atoms with van der Waals surface area (Å²) in [5.41, 5.74) is 3.05. The molecule has 2 aromatic carbocycles. The minimum Gasteiger partial charge on any atom is -0.355 e. The van der Waals surface area contributed by atoms with Gasteiger partial charge in [0.2, 0.25) is 0 Å². The summed E-state index contributed by atoms with van der Waals surface area (Å²) >= 11 is 5.96. The third-order valence-corrected chi connectivity index (χ3v) is 3.63. The van der Waals surface area contributed by atoms with Crippen LogP contribution in [0.5, 0.6) is 0 Å². The first-order chi connectivity index (χ1) is 10.4. The maximum absolute atomic E-state index is 5.96. The number of rotatable bonds is 4. The lowest BCUT2D eigenvalue weighted by molar-refractivity contribution is 0.110. The highest BCUT2D eigenvalue weighted by Crippen LogP contribution is 2.27. The number of nitrogens with zero attached hydrogens (tertiary/aromatic N) is 1. The summed E-state index contributed by atoms with van der Waals surface area (Å²) in [6, 6.07) is 17.8. The SMILES string of the molecule is COC(N=C(c1ccccc1)C(C)(C)C)c1ccc(Cl)cc1. The van der Waals surface area contributed by atoms with E-state index in [4.69, 9.17) is 21.3 Å². The summed E-state index contributed by atoms with van der Waals surface area (Å²) in [6.07, 6.45) is -0.341. The van der Waals surface area contributed by atoms with Gasteiger partial charge in [0.05, 0.1) is 5.71 Å². The molecule has 116 valence electrons. The molecule has 0 aliphatic heterocycles. The number of aliphatic imine (C=N–C) groups is 1. The summed E-state index contributed by atoms with van der Waals surface area (Å²) in [7, 11) is 1.67. The molecule has 3 heteroatoms. The Balaban J connectivity index is 2.45. The van der Waals surface area contributed by atoms with Crippen molar-refractivity contribution < 1.29 is 4.74 Å². The zero-order chi connectivity index (χ0) is 16.2. The van der Waals surface area contributed by atoms with Crippen LogP contribution in [0.15, 0.2) is 59.6 Å². The molecule has 0 aliphatic rings. The fourth-order valence-electron chi connectivity index (χ4n) is 2.31. The third kappa shape index (κ3) is 4.19. The van der Waals surface area contributed by atoms with Crippen LogP contribution in [0.4, 0.5) is 0 Å². The van der Waals surface area contributed by atoms with E-state index in [1.165, 1.54) is 0 Å². The maximum atomic E-state index is 5.96. The lowest BCUT2D eigenvalue weighted by Gasteiger charge is -2.24. The van der Waals surface area contributed by atoms with Gasteiger partial charge in [-0.3, -0.25) is 4.99 Å². The second-order valence-electron chi connectivity index (χ2n) is 6.23. The molecule has 0 aromatic heterocycles. The second-order valence-corrected chi connectivity index (χ2v) is 6.67. The molecule has 2 rings (SSSR count). The first kappa shape index (κ1) is 16.7. The number of hydrogen-bond donors (Lipinski definition) is 0. The minimum absolute atomic E-state index is 0.0788. The lowest BCUT2D eigenvalue weighted by atomic mass is 9.85. The van der Waals surface area contributed by atoms with Crippen LogP contribution in [0.3, 0.4) is 0 Å². The molecule has 0 saturated carbocycles. The Kier molecular flexibility index (Phi) is 5.38. The van der Waals surface area contributed by atoms with Crippen LogP contribution in [-0.4, -0.2) is 12.8 Å². The van der Waals surface area contributed by atoms with E-state index in [1.807, 2.05) is 42.5 Å². The average molecular weight is 316 g/mol. The van der Waals surface area contributed by atoms with E-state index in [2.05, 4.69) is 32.9 Å². The van der Waals surface area contributed by atoms with E-state index in [-0.39, 0.29) is 11.6 Å². The molecule has 0 saturated heterocycles. The van der Waals surface area contributed by atoms with Crippen LogP contribution in [0.1, 0.15) is 38.1 Å². The van der Waals surface area contributed by atoms with Crippen LogP contribution in [-0.2, 0) is 4.74 Å². The quantitative estimate of drug-likeness (QED) is 0.681. The zero-order valence-electron chi connectivity index (χ0n) is 13.5. The van der Waals surface area contributed by atoms with Gasteiger partial charge in [-0.25, -0.2) is 0 Å². The highest BCUT2D eigenvalue weighted by Gasteiger charge is 2.22. The summed E-state index contributed by atoms with van der Waals surface area (Å²) in [6.45, 7) is 6.48.